The molecule has 1 atom stereocenters. The van der Waals surface area contributed by atoms with E-state index in [2.05, 4.69) is 15.2 Å². The summed E-state index contributed by atoms with van der Waals surface area (Å²) in [5.41, 5.74) is 7.85. The van der Waals surface area contributed by atoms with E-state index in [1.165, 1.54) is 12.4 Å². The van der Waals surface area contributed by atoms with E-state index in [-0.39, 0.29) is 11.9 Å². The molecule has 22 heavy (non-hydrogen) atoms. The maximum atomic E-state index is 14.0. The van der Waals surface area contributed by atoms with E-state index in [0.29, 0.717) is 12.1 Å². The van der Waals surface area contributed by atoms with Gasteiger partial charge in [0.2, 0.25) is 0 Å². The van der Waals surface area contributed by atoms with Crippen LogP contribution in [0.25, 0.3) is 11.1 Å². The van der Waals surface area contributed by atoms with Gasteiger partial charge in [-0.2, -0.15) is 10.2 Å². The third-order valence-electron chi connectivity index (χ3n) is 3.57. The highest BCUT2D eigenvalue weighted by Crippen LogP contribution is 2.23. The predicted molar refractivity (Wildman–Crippen MR) is 80.3 cm³/mol. The number of halogens is 1. The van der Waals surface area contributed by atoms with Crippen LogP contribution in [0.15, 0.2) is 36.9 Å². The third-order valence-corrected chi connectivity index (χ3v) is 3.57. The van der Waals surface area contributed by atoms with Crippen LogP contribution in [0.1, 0.15) is 24.4 Å². The lowest BCUT2D eigenvalue weighted by molar-refractivity contribution is 0.594. The first kappa shape index (κ1) is 14.4. The highest BCUT2D eigenvalue weighted by atomic mass is 19.1. The minimum atomic E-state index is -0.326. The Balaban J connectivity index is 1.85. The SMILES string of the molecule is CC(N)c1ccc(-c2cnn(Cc3ncnn3C)c2)cc1F. The van der Waals surface area contributed by atoms with Crippen molar-refractivity contribution in [2.24, 2.45) is 12.8 Å². The molecule has 6 nitrogen and oxygen atoms in total. The largest absolute Gasteiger partial charge is 0.324 e. The van der Waals surface area contributed by atoms with Crippen molar-refractivity contribution in [1.29, 1.82) is 0 Å². The molecular weight excluding hydrogens is 283 g/mol. The van der Waals surface area contributed by atoms with E-state index in [9.17, 15) is 4.39 Å². The van der Waals surface area contributed by atoms with E-state index in [1.807, 2.05) is 19.3 Å². The van der Waals surface area contributed by atoms with Crippen molar-refractivity contribution in [3.63, 3.8) is 0 Å². The number of nitrogens with zero attached hydrogens (tertiary/aromatic N) is 5. The zero-order valence-electron chi connectivity index (χ0n) is 12.4. The molecule has 0 radical (unpaired) electrons. The van der Waals surface area contributed by atoms with Gasteiger partial charge in [-0.05, 0) is 18.6 Å². The average molecular weight is 300 g/mol. The number of aryl methyl sites for hydroxylation is 1. The lowest BCUT2D eigenvalue weighted by Gasteiger charge is -2.08. The Morgan fingerprint density at radius 2 is 2.09 bits per heavy atom. The molecule has 2 heterocycles. The fourth-order valence-electron chi connectivity index (χ4n) is 2.28. The van der Waals surface area contributed by atoms with E-state index >= 15 is 0 Å². The molecule has 7 heteroatoms. The lowest BCUT2D eigenvalue weighted by atomic mass is 10.0. The molecule has 2 N–H and O–H groups in total. The highest BCUT2D eigenvalue weighted by molar-refractivity contribution is 5.62. The second kappa shape index (κ2) is 5.69. The van der Waals surface area contributed by atoms with Crippen molar-refractivity contribution < 1.29 is 4.39 Å². The number of hydrogen-bond acceptors (Lipinski definition) is 4. The van der Waals surface area contributed by atoms with Crippen LogP contribution in [0.5, 0.6) is 0 Å². The summed E-state index contributed by atoms with van der Waals surface area (Å²) in [4.78, 5) is 4.16. The molecule has 0 fully saturated rings. The fourth-order valence-corrected chi connectivity index (χ4v) is 2.28. The number of hydrogen-bond donors (Lipinski definition) is 1. The minimum absolute atomic E-state index is 0.298. The summed E-state index contributed by atoms with van der Waals surface area (Å²) in [7, 11) is 1.83. The van der Waals surface area contributed by atoms with Crippen LogP contribution in [0.4, 0.5) is 4.39 Å². The molecule has 0 aliphatic heterocycles. The average Bonchev–Trinajstić information content (AvgIpc) is 3.09. The quantitative estimate of drug-likeness (QED) is 0.798. The van der Waals surface area contributed by atoms with Gasteiger partial charge in [0.25, 0.3) is 0 Å². The second-order valence-electron chi connectivity index (χ2n) is 5.25. The molecule has 0 spiro atoms. The molecule has 1 aromatic carbocycles. The van der Waals surface area contributed by atoms with Crippen molar-refractivity contribution in [2.75, 3.05) is 0 Å². The standard InChI is InChI=1S/C15H17FN6/c1-10(17)13-4-3-11(5-14(13)16)12-6-19-22(7-12)8-15-18-9-20-21(15)2/h3-7,9-10H,8,17H2,1-2H3. The molecule has 114 valence electrons. The summed E-state index contributed by atoms with van der Waals surface area (Å²) in [5, 5.41) is 8.30. The van der Waals surface area contributed by atoms with Gasteiger partial charge in [-0.15, -0.1) is 0 Å². The van der Waals surface area contributed by atoms with Crippen LogP contribution in [-0.2, 0) is 13.6 Å². The first-order valence-electron chi connectivity index (χ1n) is 6.95. The Kier molecular flexibility index (Phi) is 3.72. The highest BCUT2D eigenvalue weighted by Gasteiger charge is 2.10. The van der Waals surface area contributed by atoms with Crippen LogP contribution in [0.2, 0.25) is 0 Å². The van der Waals surface area contributed by atoms with Crippen molar-refractivity contribution in [3.8, 4) is 11.1 Å². The smallest absolute Gasteiger partial charge is 0.148 e. The molecule has 3 aromatic rings. The van der Waals surface area contributed by atoms with Gasteiger partial charge in [0.05, 0.1) is 6.20 Å². The molecule has 0 saturated carbocycles. The lowest BCUT2D eigenvalue weighted by Crippen LogP contribution is -2.07. The van der Waals surface area contributed by atoms with Crippen molar-refractivity contribution in [3.05, 3.63) is 54.1 Å². The Morgan fingerprint density at radius 1 is 1.27 bits per heavy atom. The fraction of sp³-hybridized carbons (Fsp3) is 0.267. The van der Waals surface area contributed by atoms with E-state index < -0.39 is 0 Å². The molecule has 3 rings (SSSR count). The van der Waals surface area contributed by atoms with Gasteiger partial charge in [-0.1, -0.05) is 12.1 Å². The molecular formula is C15H17FN6. The summed E-state index contributed by atoms with van der Waals surface area (Å²) in [6.07, 6.45) is 5.06. The van der Waals surface area contributed by atoms with Gasteiger partial charge in [-0.3, -0.25) is 9.36 Å². The first-order chi connectivity index (χ1) is 10.5. The monoisotopic (exact) mass is 300 g/mol. The van der Waals surface area contributed by atoms with Crippen LogP contribution >= 0.6 is 0 Å². The number of benzene rings is 1. The minimum Gasteiger partial charge on any atom is -0.324 e. The van der Waals surface area contributed by atoms with Crippen molar-refractivity contribution in [1.82, 2.24) is 24.5 Å². The summed E-state index contributed by atoms with van der Waals surface area (Å²) in [6, 6.07) is 4.73. The van der Waals surface area contributed by atoms with Gasteiger partial charge >= 0.3 is 0 Å². The van der Waals surface area contributed by atoms with E-state index in [1.54, 1.807) is 28.6 Å². The third kappa shape index (κ3) is 2.75. The molecule has 2 aromatic heterocycles. The van der Waals surface area contributed by atoms with Gasteiger partial charge in [0, 0.05) is 30.4 Å². The normalized spacial score (nSPS) is 12.5. The summed E-state index contributed by atoms with van der Waals surface area (Å²) in [5.74, 6) is 0.502. The Bertz CT molecular complexity index is 789. The zero-order valence-corrected chi connectivity index (χ0v) is 12.4. The van der Waals surface area contributed by atoms with E-state index in [0.717, 1.165) is 17.0 Å². The maximum absolute atomic E-state index is 14.0. The second-order valence-corrected chi connectivity index (χ2v) is 5.25. The first-order valence-corrected chi connectivity index (χ1v) is 6.95. The molecule has 0 aliphatic rings. The Labute approximate surface area is 127 Å². The molecule has 0 aliphatic carbocycles. The molecule has 0 bridgehead atoms. The molecule has 0 saturated heterocycles. The van der Waals surface area contributed by atoms with Crippen molar-refractivity contribution in [2.45, 2.75) is 19.5 Å². The van der Waals surface area contributed by atoms with Gasteiger partial charge < -0.3 is 5.73 Å². The molecule has 0 amide bonds. The Morgan fingerprint density at radius 3 is 2.73 bits per heavy atom. The Hall–Kier alpha value is -2.54. The maximum Gasteiger partial charge on any atom is 0.148 e. The number of aromatic nitrogens is 5. The van der Waals surface area contributed by atoms with Crippen molar-refractivity contribution >= 4 is 0 Å². The van der Waals surface area contributed by atoms with Gasteiger partial charge in [-0.25, -0.2) is 9.37 Å². The van der Waals surface area contributed by atoms with Crippen LogP contribution in [0, 0.1) is 5.82 Å². The predicted octanol–water partition coefficient (Wildman–Crippen LogP) is 1.89. The zero-order chi connectivity index (χ0) is 15.7. The van der Waals surface area contributed by atoms with Crippen LogP contribution < -0.4 is 5.73 Å². The van der Waals surface area contributed by atoms with Gasteiger partial charge in [0.15, 0.2) is 0 Å². The molecule has 1 unspecified atom stereocenters. The summed E-state index contributed by atoms with van der Waals surface area (Å²) >= 11 is 0. The summed E-state index contributed by atoms with van der Waals surface area (Å²) < 4.78 is 17.5. The number of rotatable bonds is 4. The van der Waals surface area contributed by atoms with Gasteiger partial charge in [0.1, 0.15) is 24.5 Å². The topological polar surface area (TPSA) is 74.6 Å². The van der Waals surface area contributed by atoms with Crippen LogP contribution in [0.3, 0.4) is 0 Å². The number of nitrogens with two attached hydrogens (primary N) is 1. The van der Waals surface area contributed by atoms with Crippen LogP contribution in [-0.4, -0.2) is 24.5 Å². The summed E-state index contributed by atoms with van der Waals surface area (Å²) in [6.45, 7) is 2.27. The van der Waals surface area contributed by atoms with E-state index in [4.69, 9.17) is 5.73 Å².